The van der Waals surface area contributed by atoms with Crippen LogP contribution in [-0.4, -0.2) is 29.4 Å². The molecule has 1 amide bonds. The average molecular weight is 168 g/mol. The predicted octanol–water partition coefficient (Wildman–Crippen LogP) is 0.346. The highest BCUT2D eigenvalue weighted by atomic mass is 16.2. The molecule has 2 rings (SSSR count). The fourth-order valence-corrected chi connectivity index (χ4v) is 1.72. The minimum absolute atomic E-state index is 0.163. The summed E-state index contributed by atoms with van der Waals surface area (Å²) in [6.07, 6.45) is 3.41. The minimum atomic E-state index is -0.569. The maximum atomic E-state index is 11.7. The molecule has 12 heavy (non-hydrogen) atoms. The summed E-state index contributed by atoms with van der Waals surface area (Å²) in [4.78, 5) is 13.6. The number of carbonyl (C=O) groups excluding carboxylic acids is 1. The molecule has 2 N–H and O–H groups in total. The Morgan fingerprint density at radius 3 is 2.42 bits per heavy atom. The van der Waals surface area contributed by atoms with Crippen molar-refractivity contribution >= 4 is 5.91 Å². The van der Waals surface area contributed by atoms with Crippen LogP contribution in [0.1, 0.15) is 26.2 Å². The molecule has 1 saturated heterocycles. The predicted molar refractivity (Wildman–Crippen MR) is 46.5 cm³/mol. The normalized spacial score (nSPS) is 27.7. The zero-order valence-electron chi connectivity index (χ0n) is 7.55. The van der Waals surface area contributed by atoms with E-state index in [0.29, 0.717) is 5.92 Å². The lowest BCUT2D eigenvalue weighted by Crippen LogP contribution is -2.58. The molecule has 0 aromatic rings. The van der Waals surface area contributed by atoms with E-state index in [9.17, 15) is 4.79 Å². The fourth-order valence-electron chi connectivity index (χ4n) is 1.72. The van der Waals surface area contributed by atoms with Crippen LogP contribution in [0.5, 0.6) is 0 Å². The van der Waals surface area contributed by atoms with Crippen molar-refractivity contribution in [3.63, 3.8) is 0 Å². The van der Waals surface area contributed by atoms with Gasteiger partial charge in [0.2, 0.25) is 5.91 Å². The number of hydrogen-bond donors (Lipinski definition) is 1. The third kappa shape index (κ3) is 1.12. The van der Waals surface area contributed by atoms with Gasteiger partial charge in [-0.3, -0.25) is 4.79 Å². The van der Waals surface area contributed by atoms with Gasteiger partial charge in [0.1, 0.15) is 0 Å². The van der Waals surface area contributed by atoms with Gasteiger partial charge in [0.25, 0.3) is 0 Å². The average Bonchev–Trinajstić information content (AvgIpc) is 2.62. The van der Waals surface area contributed by atoms with Crippen LogP contribution in [-0.2, 0) is 4.79 Å². The smallest absolute Gasteiger partial charge is 0.242 e. The van der Waals surface area contributed by atoms with Gasteiger partial charge in [0.05, 0.1) is 5.54 Å². The van der Waals surface area contributed by atoms with Gasteiger partial charge < -0.3 is 10.6 Å². The van der Waals surface area contributed by atoms with Crippen molar-refractivity contribution in [1.29, 1.82) is 0 Å². The van der Waals surface area contributed by atoms with Crippen LogP contribution in [0.2, 0.25) is 0 Å². The molecule has 2 aliphatic rings. The molecule has 0 bridgehead atoms. The minimum Gasteiger partial charge on any atom is -0.341 e. The van der Waals surface area contributed by atoms with Crippen LogP contribution in [0.4, 0.5) is 0 Å². The Hall–Kier alpha value is -0.570. The summed E-state index contributed by atoms with van der Waals surface area (Å²) in [5.74, 6) is 0.613. The summed E-state index contributed by atoms with van der Waals surface area (Å²) in [6.45, 7) is 3.71. The van der Waals surface area contributed by atoms with Crippen LogP contribution in [0.15, 0.2) is 0 Å². The molecule has 1 unspecified atom stereocenters. The van der Waals surface area contributed by atoms with Gasteiger partial charge in [-0.2, -0.15) is 0 Å². The largest absolute Gasteiger partial charge is 0.341 e. The van der Waals surface area contributed by atoms with E-state index in [1.165, 1.54) is 0 Å². The molecule has 2 fully saturated rings. The topological polar surface area (TPSA) is 46.3 Å². The van der Waals surface area contributed by atoms with Crippen molar-refractivity contribution in [3.05, 3.63) is 0 Å². The van der Waals surface area contributed by atoms with Crippen molar-refractivity contribution in [2.75, 3.05) is 13.1 Å². The van der Waals surface area contributed by atoms with E-state index in [1.807, 2.05) is 11.8 Å². The maximum Gasteiger partial charge on any atom is 0.242 e. The van der Waals surface area contributed by atoms with Crippen LogP contribution >= 0.6 is 0 Å². The third-order valence-electron chi connectivity index (χ3n) is 3.03. The zero-order valence-corrected chi connectivity index (χ0v) is 7.55. The number of likely N-dealkylation sites (tertiary alicyclic amines) is 1. The van der Waals surface area contributed by atoms with Gasteiger partial charge in [-0.05, 0) is 32.1 Å². The van der Waals surface area contributed by atoms with Gasteiger partial charge in [-0.1, -0.05) is 0 Å². The summed E-state index contributed by atoms with van der Waals surface area (Å²) in [7, 11) is 0. The van der Waals surface area contributed by atoms with Gasteiger partial charge in [-0.25, -0.2) is 0 Å². The van der Waals surface area contributed by atoms with E-state index in [0.717, 1.165) is 32.4 Å². The Labute approximate surface area is 72.9 Å². The molecule has 0 spiro atoms. The van der Waals surface area contributed by atoms with E-state index in [1.54, 1.807) is 0 Å². The number of carbonyl (C=O) groups is 1. The first-order valence-electron chi connectivity index (χ1n) is 4.70. The van der Waals surface area contributed by atoms with Crippen molar-refractivity contribution < 1.29 is 4.79 Å². The molecule has 1 aliphatic carbocycles. The Morgan fingerprint density at radius 1 is 1.50 bits per heavy atom. The Balaban J connectivity index is 2.00. The molecule has 3 heteroatoms. The third-order valence-corrected chi connectivity index (χ3v) is 3.03. The Kier molecular flexibility index (Phi) is 1.65. The summed E-state index contributed by atoms with van der Waals surface area (Å²) < 4.78 is 0. The molecule has 1 atom stereocenters. The Morgan fingerprint density at radius 2 is 2.08 bits per heavy atom. The molecule has 1 heterocycles. The number of nitrogens with two attached hydrogens (primary N) is 1. The van der Waals surface area contributed by atoms with Crippen LogP contribution < -0.4 is 5.73 Å². The van der Waals surface area contributed by atoms with E-state index in [-0.39, 0.29) is 5.91 Å². The lowest BCUT2D eigenvalue weighted by atomic mass is 9.94. The highest BCUT2D eigenvalue weighted by Crippen LogP contribution is 2.39. The van der Waals surface area contributed by atoms with Gasteiger partial charge in [0.15, 0.2) is 0 Å². The van der Waals surface area contributed by atoms with E-state index >= 15 is 0 Å². The van der Waals surface area contributed by atoms with Crippen LogP contribution in [0, 0.1) is 5.92 Å². The van der Waals surface area contributed by atoms with Crippen molar-refractivity contribution in [2.45, 2.75) is 31.7 Å². The van der Waals surface area contributed by atoms with Crippen LogP contribution in [0.3, 0.4) is 0 Å². The van der Waals surface area contributed by atoms with E-state index in [4.69, 9.17) is 5.73 Å². The summed E-state index contributed by atoms with van der Waals surface area (Å²) in [5, 5.41) is 0. The SMILES string of the molecule is CC(N)(C(=O)N1CCC1)C1CC1. The summed E-state index contributed by atoms with van der Waals surface area (Å²) in [5.41, 5.74) is 5.42. The van der Waals surface area contributed by atoms with Gasteiger partial charge in [0, 0.05) is 13.1 Å². The lowest BCUT2D eigenvalue weighted by molar-refractivity contribution is -0.140. The van der Waals surface area contributed by atoms with E-state index in [2.05, 4.69) is 0 Å². The monoisotopic (exact) mass is 168 g/mol. The first-order chi connectivity index (χ1) is 5.62. The molecular formula is C9H16N2O. The molecule has 68 valence electrons. The number of hydrogen-bond acceptors (Lipinski definition) is 2. The number of nitrogens with zero attached hydrogens (tertiary/aromatic N) is 1. The lowest BCUT2D eigenvalue weighted by Gasteiger charge is -2.37. The fraction of sp³-hybridized carbons (Fsp3) is 0.889. The quantitative estimate of drug-likeness (QED) is 0.646. The van der Waals surface area contributed by atoms with Crippen molar-refractivity contribution in [2.24, 2.45) is 11.7 Å². The molecule has 0 aromatic carbocycles. The molecule has 1 aliphatic heterocycles. The highest BCUT2D eigenvalue weighted by molar-refractivity contribution is 5.87. The van der Waals surface area contributed by atoms with Crippen molar-refractivity contribution in [3.8, 4) is 0 Å². The van der Waals surface area contributed by atoms with Crippen molar-refractivity contribution in [1.82, 2.24) is 4.90 Å². The molecule has 0 aromatic heterocycles. The second kappa shape index (κ2) is 2.46. The summed E-state index contributed by atoms with van der Waals surface area (Å²) in [6, 6.07) is 0. The molecule has 0 radical (unpaired) electrons. The first kappa shape index (κ1) is 8.05. The highest BCUT2D eigenvalue weighted by Gasteiger charge is 2.46. The molecular weight excluding hydrogens is 152 g/mol. The second-order valence-electron chi connectivity index (χ2n) is 4.20. The molecule has 3 nitrogen and oxygen atoms in total. The van der Waals surface area contributed by atoms with Gasteiger partial charge >= 0.3 is 0 Å². The van der Waals surface area contributed by atoms with Crippen LogP contribution in [0.25, 0.3) is 0 Å². The second-order valence-corrected chi connectivity index (χ2v) is 4.20. The Bertz CT molecular complexity index is 205. The molecule has 1 saturated carbocycles. The van der Waals surface area contributed by atoms with Gasteiger partial charge in [-0.15, -0.1) is 0 Å². The summed E-state index contributed by atoms with van der Waals surface area (Å²) >= 11 is 0. The zero-order chi connectivity index (χ0) is 8.77. The maximum absolute atomic E-state index is 11.7. The number of amides is 1. The van der Waals surface area contributed by atoms with E-state index < -0.39 is 5.54 Å². The standard InChI is InChI=1S/C9H16N2O/c1-9(10,7-3-4-7)8(12)11-5-2-6-11/h7H,2-6,10H2,1H3. The first-order valence-corrected chi connectivity index (χ1v) is 4.70. The number of rotatable bonds is 2.